The Morgan fingerprint density at radius 2 is 1.84 bits per heavy atom. The molecular formula is C28H37F2N3O4. The smallest absolute Gasteiger partial charge is 0.242 e. The Morgan fingerprint density at radius 1 is 1.14 bits per heavy atom. The molecule has 202 valence electrons. The monoisotopic (exact) mass is 517 g/mol. The third-order valence-corrected chi connectivity index (χ3v) is 6.92. The van der Waals surface area contributed by atoms with Gasteiger partial charge in [0, 0.05) is 31.6 Å². The van der Waals surface area contributed by atoms with Crippen molar-refractivity contribution < 1.29 is 28.2 Å². The van der Waals surface area contributed by atoms with Gasteiger partial charge in [0.25, 0.3) is 0 Å². The Hall–Kier alpha value is -3.04. The van der Waals surface area contributed by atoms with Gasteiger partial charge in [0.05, 0.1) is 19.3 Å². The van der Waals surface area contributed by atoms with E-state index >= 15 is 0 Å². The van der Waals surface area contributed by atoms with Crippen molar-refractivity contribution >= 4 is 11.8 Å². The summed E-state index contributed by atoms with van der Waals surface area (Å²) < 4.78 is 32.9. The van der Waals surface area contributed by atoms with Crippen LogP contribution >= 0.6 is 0 Å². The predicted octanol–water partition coefficient (Wildman–Crippen LogP) is 3.04. The summed E-state index contributed by atoms with van der Waals surface area (Å²) in [6.45, 7) is 6.67. The summed E-state index contributed by atoms with van der Waals surface area (Å²) in [5.74, 6) is -1.17. The van der Waals surface area contributed by atoms with E-state index in [1.54, 1.807) is 18.9 Å². The Balaban J connectivity index is 1.69. The van der Waals surface area contributed by atoms with Crippen LogP contribution in [0.25, 0.3) is 0 Å². The number of rotatable bonds is 12. The Kier molecular flexibility index (Phi) is 10.00. The van der Waals surface area contributed by atoms with E-state index in [2.05, 4.69) is 10.6 Å². The molecule has 0 saturated carbocycles. The highest BCUT2D eigenvalue weighted by atomic mass is 19.1. The number of nitrogens with one attached hydrogen (secondary N) is 2. The summed E-state index contributed by atoms with van der Waals surface area (Å²) >= 11 is 0. The third kappa shape index (κ3) is 7.72. The standard InChI is InChI=1S/C28H37F2N3O4/c1-17(2)24-8-9-33(28(24)36)18(3)27(35)32-25(13-20-10-21(29)14-22(30)11-20)26(34)16-31-15-19-6-5-7-23(12-19)37-4/h5-7,10-12,14,17-18,24-26,31,34H,8-9,13,15-16H2,1-4H3,(H,32,35)/t18-,24+,25-,26+/m0/s1. The molecule has 0 aliphatic carbocycles. The first-order chi connectivity index (χ1) is 17.6. The van der Waals surface area contributed by atoms with Crippen molar-refractivity contribution in [3.8, 4) is 5.75 Å². The quantitative estimate of drug-likeness (QED) is 0.403. The number of likely N-dealkylation sites (tertiary alicyclic amines) is 1. The number of carbonyl (C=O) groups excluding carboxylic acids is 2. The van der Waals surface area contributed by atoms with E-state index in [0.29, 0.717) is 30.8 Å². The van der Waals surface area contributed by atoms with Crippen LogP contribution in [-0.2, 0) is 22.6 Å². The average molecular weight is 518 g/mol. The van der Waals surface area contributed by atoms with Gasteiger partial charge in [-0.15, -0.1) is 0 Å². The summed E-state index contributed by atoms with van der Waals surface area (Å²) in [5, 5.41) is 17.0. The highest BCUT2D eigenvalue weighted by molar-refractivity contribution is 5.89. The van der Waals surface area contributed by atoms with Gasteiger partial charge in [-0.1, -0.05) is 26.0 Å². The number of benzene rings is 2. The first-order valence-corrected chi connectivity index (χ1v) is 12.7. The second-order valence-corrected chi connectivity index (χ2v) is 9.99. The molecule has 1 saturated heterocycles. The van der Waals surface area contributed by atoms with Crippen molar-refractivity contribution in [1.82, 2.24) is 15.5 Å². The lowest BCUT2D eigenvalue weighted by Gasteiger charge is -2.29. The summed E-state index contributed by atoms with van der Waals surface area (Å²) in [6.07, 6.45) is -0.361. The number of nitrogens with zero attached hydrogens (tertiary/aromatic N) is 1. The third-order valence-electron chi connectivity index (χ3n) is 6.92. The molecule has 2 aromatic carbocycles. The second-order valence-electron chi connectivity index (χ2n) is 9.99. The lowest BCUT2D eigenvalue weighted by Crippen LogP contribution is -2.54. The number of halogens is 2. The van der Waals surface area contributed by atoms with Crippen LogP contribution in [0.2, 0.25) is 0 Å². The minimum absolute atomic E-state index is 0.0116. The maximum Gasteiger partial charge on any atom is 0.242 e. The summed E-state index contributed by atoms with van der Waals surface area (Å²) in [5.41, 5.74) is 1.25. The number of aliphatic hydroxyl groups excluding tert-OH is 1. The van der Waals surface area contributed by atoms with Crippen molar-refractivity contribution in [2.45, 2.75) is 58.3 Å². The fourth-order valence-electron chi connectivity index (χ4n) is 4.73. The summed E-state index contributed by atoms with van der Waals surface area (Å²) in [7, 11) is 1.58. The first-order valence-electron chi connectivity index (χ1n) is 12.7. The van der Waals surface area contributed by atoms with E-state index in [1.807, 2.05) is 38.1 Å². The number of amides is 2. The normalized spacial score (nSPS) is 18.1. The zero-order valence-corrected chi connectivity index (χ0v) is 21.8. The van der Waals surface area contributed by atoms with Crippen molar-refractivity contribution in [2.24, 2.45) is 11.8 Å². The molecule has 3 N–H and O–H groups in total. The molecule has 1 aliphatic rings. The zero-order valence-electron chi connectivity index (χ0n) is 21.8. The van der Waals surface area contributed by atoms with Gasteiger partial charge in [0.2, 0.25) is 11.8 Å². The molecule has 1 heterocycles. The molecule has 4 atom stereocenters. The number of ether oxygens (including phenoxy) is 1. The van der Waals surface area contributed by atoms with Crippen LogP contribution in [0.1, 0.15) is 38.3 Å². The lowest BCUT2D eigenvalue weighted by molar-refractivity contribution is -0.140. The molecule has 2 amide bonds. The van der Waals surface area contributed by atoms with E-state index in [-0.39, 0.29) is 30.7 Å². The number of hydrogen-bond donors (Lipinski definition) is 3. The van der Waals surface area contributed by atoms with Crippen LogP contribution in [0.15, 0.2) is 42.5 Å². The molecule has 3 rings (SSSR count). The van der Waals surface area contributed by atoms with Gasteiger partial charge in [0.1, 0.15) is 23.4 Å². The lowest BCUT2D eigenvalue weighted by atomic mass is 9.95. The van der Waals surface area contributed by atoms with Crippen molar-refractivity contribution in [3.63, 3.8) is 0 Å². The number of carbonyl (C=O) groups is 2. The van der Waals surface area contributed by atoms with Gasteiger partial charge in [0.15, 0.2) is 0 Å². The predicted molar refractivity (Wildman–Crippen MR) is 137 cm³/mol. The van der Waals surface area contributed by atoms with Gasteiger partial charge < -0.3 is 25.4 Å². The van der Waals surface area contributed by atoms with Gasteiger partial charge in [-0.2, -0.15) is 0 Å². The highest BCUT2D eigenvalue weighted by Gasteiger charge is 2.38. The van der Waals surface area contributed by atoms with Crippen LogP contribution < -0.4 is 15.4 Å². The maximum atomic E-state index is 13.8. The van der Waals surface area contributed by atoms with E-state index < -0.39 is 35.7 Å². The molecular weight excluding hydrogens is 480 g/mol. The Morgan fingerprint density at radius 3 is 2.46 bits per heavy atom. The molecule has 2 aromatic rings. The molecule has 0 aromatic heterocycles. The Labute approximate surface area is 217 Å². The molecule has 0 bridgehead atoms. The molecule has 7 nitrogen and oxygen atoms in total. The van der Waals surface area contributed by atoms with E-state index in [9.17, 15) is 23.5 Å². The molecule has 0 radical (unpaired) electrons. The fraction of sp³-hybridized carbons (Fsp3) is 0.500. The van der Waals surface area contributed by atoms with E-state index in [1.165, 1.54) is 12.1 Å². The summed E-state index contributed by atoms with van der Waals surface area (Å²) in [4.78, 5) is 27.5. The topological polar surface area (TPSA) is 90.9 Å². The largest absolute Gasteiger partial charge is 0.497 e. The highest BCUT2D eigenvalue weighted by Crippen LogP contribution is 2.27. The van der Waals surface area contributed by atoms with Gasteiger partial charge in [-0.3, -0.25) is 9.59 Å². The second kappa shape index (κ2) is 13.0. The van der Waals surface area contributed by atoms with Crippen molar-refractivity contribution in [2.75, 3.05) is 20.2 Å². The molecule has 9 heteroatoms. The fourth-order valence-corrected chi connectivity index (χ4v) is 4.73. The van der Waals surface area contributed by atoms with E-state index in [4.69, 9.17) is 4.74 Å². The SMILES string of the molecule is COc1cccc(CNC[C@@H](O)[C@H](Cc2cc(F)cc(F)c2)NC(=O)[C@H](C)N2CC[C@H](C(C)C)C2=O)c1. The summed E-state index contributed by atoms with van der Waals surface area (Å²) in [6, 6.07) is 9.03. The minimum atomic E-state index is -1.06. The van der Waals surface area contributed by atoms with E-state index in [0.717, 1.165) is 11.6 Å². The van der Waals surface area contributed by atoms with Gasteiger partial charge in [-0.05, 0) is 61.1 Å². The van der Waals surface area contributed by atoms with Crippen LogP contribution in [0.5, 0.6) is 5.75 Å². The maximum absolute atomic E-state index is 13.8. The molecule has 0 unspecified atom stereocenters. The number of methoxy groups -OCH3 is 1. The van der Waals surface area contributed by atoms with Crippen LogP contribution in [0.4, 0.5) is 8.78 Å². The number of hydrogen-bond acceptors (Lipinski definition) is 5. The minimum Gasteiger partial charge on any atom is -0.497 e. The van der Waals surface area contributed by atoms with Gasteiger partial charge in [-0.25, -0.2) is 8.78 Å². The van der Waals surface area contributed by atoms with Crippen LogP contribution in [0.3, 0.4) is 0 Å². The molecule has 1 fully saturated rings. The van der Waals surface area contributed by atoms with Crippen molar-refractivity contribution in [3.05, 3.63) is 65.2 Å². The molecule has 1 aliphatic heterocycles. The van der Waals surface area contributed by atoms with Gasteiger partial charge >= 0.3 is 0 Å². The number of aliphatic hydroxyl groups is 1. The molecule has 37 heavy (non-hydrogen) atoms. The first kappa shape index (κ1) is 28.5. The van der Waals surface area contributed by atoms with Crippen LogP contribution in [0, 0.1) is 23.5 Å². The molecule has 0 spiro atoms. The Bertz CT molecular complexity index is 1060. The van der Waals surface area contributed by atoms with Crippen molar-refractivity contribution in [1.29, 1.82) is 0 Å². The van der Waals surface area contributed by atoms with Crippen LogP contribution in [-0.4, -0.2) is 60.2 Å². The zero-order chi connectivity index (χ0) is 27.1. The average Bonchev–Trinajstić information content (AvgIpc) is 3.24.